The van der Waals surface area contributed by atoms with E-state index in [0.29, 0.717) is 24.4 Å². The molecule has 0 saturated heterocycles. The Balaban J connectivity index is 0.000000388. The van der Waals surface area contributed by atoms with Gasteiger partial charge in [-0.15, -0.1) is 0 Å². The molecule has 3 aromatic rings. The van der Waals surface area contributed by atoms with E-state index >= 15 is 0 Å². The SMILES string of the molecule is C=C(CC(=O)CN)C(C)C.O=Cc1ccccc1-c1ccccc1CNC(=O)OCc1ccccc1. The standard InChI is InChI=1S/C22H19NO3.C8H15NO/c24-15-19-11-5-7-13-21(19)20-12-6-4-10-18(20)14-23-22(25)26-16-17-8-2-1-3-9-17;1-6(2)7(3)4-8(10)5-9/h1-13,15H,14,16H2,(H,23,25);6H,3-5,9H2,1-2H3. The van der Waals surface area contributed by atoms with Crippen LogP contribution in [0.2, 0.25) is 0 Å². The molecule has 0 spiro atoms. The van der Waals surface area contributed by atoms with Gasteiger partial charge >= 0.3 is 6.09 Å². The molecule has 0 atom stereocenters. The molecule has 188 valence electrons. The van der Waals surface area contributed by atoms with E-state index in [0.717, 1.165) is 34.1 Å². The first-order valence-corrected chi connectivity index (χ1v) is 11.8. The molecule has 0 aliphatic rings. The van der Waals surface area contributed by atoms with Crippen LogP contribution in [-0.2, 0) is 22.7 Å². The normalized spacial score (nSPS) is 10.1. The highest BCUT2D eigenvalue weighted by Crippen LogP contribution is 2.26. The first-order valence-electron chi connectivity index (χ1n) is 11.8. The van der Waals surface area contributed by atoms with E-state index in [9.17, 15) is 14.4 Å². The molecule has 6 heteroatoms. The predicted molar refractivity (Wildman–Crippen MR) is 143 cm³/mol. The van der Waals surface area contributed by atoms with E-state index in [1.807, 2.05) is 86.6 Å². The monoisotopic (exact) mass is 486 g/mol. The summed E-state index contributed by atoms with van der Waals surface area (Å²) in [7, 11) is 0. The summed E-state index contributed by atoms with van der Waals surface area (Å²) in [6, 6.07) is 24.6. The summed E-state index contributed by atoms with van der Waals surface area (Å²) in [4.78, 5) is 34.0. The van der Waals surface area contributed by atoms with Crippen LogP contribution in [0.1, 0.15) is 41.8 Å². The Morgan fingerprint density at radius 1 is 0.944 bits per heavy atom. The van der Waals surface area contributed by atoms with Gasteiger partial charge < -0.3 is 15.8 Å². The van der Waals surface area contributed by atoms with E-state index in [1.54, 1.807) is 6.07 Å². The Kier molecular flexibility index (Phi) is 11.8. The molecule has 3 N–H and O–H groups in total. The van der Waals surface area contributed by atoms with Crippen molar-refractivity contribution in [2.45, 2.75) is 33.4 Å². The number of carbonyl (C=O) groups excluding carboxylic acids is 3. The van der Waals surface area contributed by atoms with Gasteiger partial charge in [-0.25, -0.2) is 4.79 Å². The van der Waals surface area contributed by atoms with Gasteiger partial charge in [0.25, 0.3) is 0 Å². The number of ketones is 1. The smallest absolute Gasteiger partial charge is 0.407 e. The third kappa shape index (κ3) is 9.31. The lowest BCUT2D eigenvalue weighted by Crippen LogP contribution is -2.24. The van der Waals surface area contributed by atoms with Crippen molar-refractivity contribution in [1.82, 2.24) is 5.32 Å². The maximum atomic E-state index is 12.0. The van der Waals surface area contributed by atoms with E-state index in [2.05, 4.69) is 11.9 Å². The van der Waals surface area contributed by atoms with Crippen LogP contribution in [0.25, 0.3) is 11.1 Å². The second-order valence-electron chi connectivity index (χ2n) is 8.51. The Labute approximate surface area is 213 Å². The van der Waals surface area contributed by atoms with Crippen LogP contribution >= 0.6 is 0 Å². The number of carbonyl (C=O) groups is 3. The molecule has 3 rings (SSSR count). The Hall–Kier alpha value is -4.03. The van der Waals surface area contributed by atoms with Crippen molar-refractivity contribution in [2.75, 3.05) is 6.54 Å². The van der Waals surface area contributed by atoms with Crippen LogP contribution < -0.4 is 11.1 Å². The third-order valence-corrected chi connectivity index (χ3v) is 5.50. The van der Waals surface area contributed by atoms with Gasteiger partial charge in [0.05, 0.1) is 6.54 Å². The van der Waals surface area contributed by atoms with Crippen LogP contribution in [0, 0.1) is 5.92 Å². The lowest BCUT2D eigenvalue weighted by atomic mass is 9.96. The Bertz CT molecular complexity index is 1160. The van der Waals surface area contributed by atoms with E-state index < -0.39 is 6.09 Å². The fourth-order valence-electron chi connectivity index (χ4n) is 3.25. The first kappa shape index (κ1) is 28.2. The van der Waals surface area contributed by atoms with Crippen molar-refractivity contribution in [1.29, 1.82) is 0 Å². The fraction of sp³-hybridized carbons (Fsp3) is 0.233. The molecule has 0 aromatic heterocycles. The number of nitrogens with one attached hydrogen (secondary N) is 1. The minimum Gasteiger partial charge on any atom is -0.445 e. The number of aldehydes is 1. The van der Waals surface area contributed by atoms with Crippen LogP contribution in [0.5, 0.6) is 0 Å². The average molecular weight is 487 g/mol. The molecule has 36 heavy (non-hydrogen) atoms. The highest BCUT2D eigenvalue weighted by Gasteiger charge is 2.10. The lowest BCUT2D eigenvalue weighted by molar-refractivity contribution is -0.117. The highest BCUT2D eigenvalue weighted by molar-refractivity contribution is 5.88. The van der Waals surface area contributed by atoms with Crippen molar-refractivity contribution in [3.63, 3.8) is 0 Å². The second kappa shape index (κ2) is 15.1. The van der Waals surface area contributed by atoms with Crippen LogP contribution in [0.4, 0.5) is 4.79 Å². The van der Waals surface area contributed by atoms with Crippen molar-refractivity contribution >= 4 is 18.2 Å². The van der Waals surface area contributed by atoms with Crippen molar-refractivity contribution < 1.29 is 19.1 Å². The Morgan fingerprint density at radius 3 is 2.19 bits per heavy atom. The zero-order chi connectivity index (χ0) is 26.3. The quantitative estimate of drug-likeness (QED) is 0.283. The molecule has 0 saturated carbocycles. The highest BCUT2D eigenvalue weighted by atomic mass is 16.5. The minimum atomic E-state index is -0.479. The molecule has 1 amide bonds. The van der Waals surface area contributed by atoms with Crippen LogP contribution in [0.15, 0.2) is 91.0 Å². The van der Waals surface area contributed by atoms with Gasteiger partial charge in [0.1, 0.15) is 12.4 Å². The topological polar surface area (TPSA) is 98.5 Å². The van der Waals surface area contributed by atoms with E-state index in [1.165, 1.54) is 0 Å². The van der Waals surface area contributed by atoms with Gasteiger partial charge in [-0.2, -0.15) is 0 Å². The summed E-state index contributed by atoms with van der Waals surface area (Å²) < 4.78 is 5.23. The summed E-state index contributed by atoms with van der Waals surface area (Å²) in [5, 5.41) is 2.77. The molecule has 0 heterocycles. The molecular weight excluding hydrogens is 452 g/mol. The molecule has 6 nitrogen and oxygen atoms in total. The molecular formula is C30H34N2O4. The average Bonchev–Trinajstić information content (AvgIpc) is 2.91. The zero-order valence-corrected chi connectivity index (χ0v) is 20.9. The number of amides is 1. The maximum Gasteiger partial charge on any atom is 0.407 e. The van der Waals surface area contributed by atoms with Crippen molar-refractivity contribution in [2.24, 2.45) is 11.7 Å². The summed E-state index contributed by atoms with van der Waals surface area (Å²) in [6.07, 6.45) is 0.800. The van der Waals surface area contributed by atoms with Crippen molar-refractivity contribution in [3.8, 4) is 11.1 Å². The lowest BCUT2D eigenvalue weighted by Gasteiger charge is -2.12. The number of benzene rings is 3. The molecule has 0 unspecified atom stereocenters. The van der Waals surface area contributed by atoms with Gasteiger partial charge in [0.2, 0.25) is 0 Å². The predicted octanol–water partition coefficient (Wildman–Crippen LogP) is 5.71. The second-order valence-corrected chi connectivity index (χ2v) is 8.51. The number of hydrogen-bond donors (Lipinski definition) is 2. The van der Waals surface area contributed by atoms with Gasteiger partial charge in [-0.3, -0.25) is 9.59 Å². The van der Waals surface area contributed by atoms with Crippen LogP contribution in [0.3, 0.4) is 0 Å². The molecule has 0 bridgehead atoms. The van der Waals surface area contributed by atoms with E-state index in [4.69, 9.17) is 10.5 Å². The number of nitrogens with two attached hydrogens (primary N) is 1. The summed E-state index contributed by atoms with van der Waals surface area (Å²) in [5.74, 6) is 0.453. The fourth-order valence-corrected chi connectivity index (χ4v) is 3.25. The number of rotatable bonds is 10. The number of Topliss-reactive ketones (excluding diaryl/α,β-unsaturated/α-hetero) is 1. The van der Waals surface area contributed by atoms with Gasteiger partial charge in [0.15, 0.2) is 6.29 Å². The number of hydrogen-bond acceptors (Lipinski definition) is 5. The van der Waals surface area contributed by atoms with Crippen molar-refractivity contribution in [3.05, 3.63) is 108 Å². The maximum absolute atomic E-state index is 12.0. The van der Waals surface area contributed by atoms with Gasteiger partial charge in [0, 0.05) is 18.5 Å². The number of alkyl carbamates (subject to hydrolysis) is 1. The summed E-state index contributed by atoms with van der Waals surface area (Å²) in [6.45, 7) is 8.48. The van der Waals surface area contributed by atoms with E-state index in [-0.39, 0.29) is 18.9 Å². The number of allylic oxidation sites excluding steroid dienone is 1. The summed E-state index contributed by atoms with van der Waals surface area (Å²) in [5.41, 5.74) is 10.3. The minimum absolute atomic E-state index is 0.0682. The van der Waals surface area contributed by atoms with Crippen LogP contribution in [-0.4, -0.2) is 24.7 Å². The molecule has 0 radical (unpaired) electrons. The molecule has 0 aliphatic heterocycles. The first-order chi connectivity index (χ1) is 17.3. The van der Waals surface area contributed by atoms with Gasteiger partial charge in [-0.05, 0) is 28.2 Å². The molecule has 0 aliphatic carbocycles. The molecule has 0 fully saturated rings. The van der Waals surface area contributed by atoms with Gasteiger partial charge in [-0.1, -0.05) is 105 Å². The third-order valence-electron chi connectivity index (χ3n) is 5.50. The molecule has 3 aromatic carbocycles. The summed E-state index contributed by atoms with van der Waals surface area (Å²) >= 11 is 0. The zero-order valence-electron chi connectivity index (χ0n) is 20.9. The Morgan fingerprint density at radius 2 is 1.56 bits per heavy atom. The largest absolute Gasteiger partial charge is 0.445 e. The number of ether oxygens (including phenoxy) is 1.